The summed E-state index contributed by atoms with van der Waals surface area (Å²) in [6, 6.07) is 6.67. The lowest BCUT2D eigenvalue weighted by atomic mass is 10.1. The number of amides is 1. The molecule has 0 N–H and O–H groups in total. The van der Waals surface area contributed by atoms with Gasteiger partial charge in [-0.25, -0.2) is 0 Å². The number of hydrogen-bond acceptors (Lipinski definition) is 4. The fraction of sp³-hybridized carbons (Fsp3) is 0.632. The summed E-state index contributed by atoms with van der Waals surface area (Å²) in [6.45, 7) is 1.87. The molecule has 1 unspecified atom stereocenters. The summed E-state index contributed by atoms with van der Waals surface area (Å²) in [5.41, 5.74) is 0.875. The Labute approximate surface area is 158 Å². The second-order valence-electron chi connectivity index (χ2n) is 7.05. The first kappa shape index (κ1) is 21.5. The number of nitrogens with zero attached hydrogens (tertiary/aromatic N) is 2. The van der Waals surface area contributed by atoms with Crippen molar-refractivity contribution in [1.82, 2.24) is 9.80 Å². The van der Waals surface area contributed by atoms with Crippen LogP contribution in [0, 0.1) is 5.92 Å². The van der Waals surface area contributed by atoms with Crippen molar-refractivity contribution in [3.05, 3.63) is 29.8 Å². The molecule has 8 heteroatoms. The van der Waals surface area contributed by atoms with Crippen LogP contribution in [0.25, 0.3) is 0 Å². The SMILES string of the molecule is CN(C)C(=O)CN(CCc1cccc(OCC(F)(F)F)c1)CC1CCOC1. The van der Waals surface area contributed by atoms with Gasteiger partial charge in [-0.2, -0.15) is 13.2 Å². The number of likely N-dealkylation sites (N-methyl/N-ethyl adjacent to an activating group) is 1. The van der Waals surface area contributed by atoms with Gasteiger partial charge in [-0.15, -0.1) is 0 Å². The van der Waals surface area contributed by atoms with Crippen LogP contribution in [0.2, 0.25) is 0 Å². The first-order valence-electron chi connectivity index (χ1n) is 9.01. The standard InChI is InChI=1S/C19H27F3N2O3/c1-23(2)18(25)12-24(11-16-7-9-26-13-16)8-6-15-4-3-5-17(10-15)27-14-19(20,21)22/h3-5,10,16H,6-9,11-14H2,1-2H3. The summed E-state index contributed by atoms with van der Waals surface area (Å²) in [5.74, 6) is 0.627. The summed E-state index contributed by atoms with van der Waals surface area (Å²) in [6.07, 6.45) is -2.76. The first-order valence-corrected chi connectivity index (χ1v) is 9.01. The molecule has 2 rings (SSSR count). The van der Waals surface area contributed by atoms with Crippen molar-refractivity contribution in [1.29, 1.82) is 0 Å². The minimum absolute atomic E-state index is 0.0242. The molecule has 152 valence electrons. The highest BCUT2D eigenvalue weighted by Gasteiger charge is 2.28. The minimum atomic E-state index is -4.36. The van der Waals surface area contributed by atoms with Gasteiger partial charge < -0.3 is 14.4 Å². The molecule has 1 atom stereocenters. The van der Waals surface area contributed by atoms with Crippen LogP contribution in [0.5, 0.6) is 5.75 Å². The molecule has 1 saturated heterocycles. The van der Waals surface area contributed by atoms with Crippen LogP contribution in [0.1, 0.15) is 12.0 Å². The number of alkyl halides is 3. The molecule has 1 aromatic carbocycles. The maximum atomic E-state index is 12.3. The number of halogens is 3. The molecule has 0 spiro atoms. The highest BCUT2D eigenvalue weighted by molar-refractivity contribution is 5.77. The molecular formula is C19H27F3N2O3. The third kappa shape index (κ3) is 8.17. The van der Waals surface area contributed by atoms with Crippen LogP contribution in [0.3, 0.4) is 0 Å². The lowest BCUT2D eigenvalue weighted by Crippen LogP contribution is -2.40. The lowest BCUT2D eigenvalue weighted by Gasteiger charge is -2.26. The molecular weight excluding hydrogens is 361 g/mol. The quantitative estimate of drug-likeness (QED) is 0.652. The minimum Gasteiger partial charge on any atom is -0.484 e. The Morgan fingerprint density at radius 1 is 1.33 bits per heavy atom. The van der Waals surface area contributed by atoms with Crippen molar-refractivity contribution in [2.75, 3.05) is 53.6 Å². The van der Waals surface area contributed by atoms with E-state index < -0.39 is 12.8 Å². The maximum absolute atomic E-state index is 12.3. The smallest absolute Gasteiger partial charge is 0.422 e. The van der Waals surface area contributed by atoms with E-state index in [9.17, 15) is 18.0 Å². The van der Waals surface area contributed by atoms with Crippen molar-refractivity contribution >= 4 is 5.91 Å². The zero-order valence-electron chi connectivity index (χ0n) is 15.8. The fourth-order valence-corrected chi connectivity index (χ4v) is 2.90. The Hall–Kier alpha value is -1.80. The molecule has 0 radical (unpaired) electrons. The molecule has 0 aliphatic carbocycles. The van der Waals surface area contributed by atoms with Gasteiger partial charge in [-0.05, 0) is 36.5 Å². The Balaban J connectivity index is 1.93. The highest BCUT2D eigenvalue weighted by atomic mass is 19.4. The number of carbonyl (C=O) groups is 1. The van der Waals surface area contributed by atoms with Crippen LogP contribution >= 0.6 is 0 Å². The second kappa shape index (κ2) is 9.94. The van der Waals surface area contributed by atoms with E-state index in [0.717, 1.165) is 25.1 Å². The molecule has 1 heterocycles. The number of benzene rings is 1. The third-order valence-electron chi connectivity index (χ3n) is 4.42. The average molecular weight is 388 g/mol. The van der Waals surface area contributed by atoms with Crippen LogP contribution in [-0.4, -0.2) is 75.4 Å². The number of ether oxygens (including phenoxy) is 2. The van der Waals surface area contributed by atoms with Gasteiger partial charge in [0, 0.05) is 33.8 Å². The van der Waals surface area contributed by atoms with E-state index >= 15 is 0 Å². The van der Waals surface area contributed by atoms with Gasteiger partial charge in [0.2, 0.25) is 5.91 Å². The van der Waals surface area contributed by atoms with Crippen molar-refractivity contribution in [2.24, 2.45) is 5.92 Å². The zero-order valence-corrected chi connectivity index (χ0v) is 15.8. The monoisotopic (exact) mass is 388 g/mol. The molecule has 1 aromatic rings. The molecule has 0 bridgehead atoms. The van der Waals surface area contributed by atoms with Crippen molar-refractivity contribution in [3.8, 4) is 5.75 Å². The van der Waals surface area contributed by atoms with Crippen LogP contribution in [0.15, 0.2) is 24.3 Å². The van der Waals surface area contributed by atoms with E-state index in [2.05, 4.69) is 4.90 Å². The number of carbonyl (C=O) groups excluding carboxylic acids is 1. The largest absolute Gasteiger partial charge is 0.484 e. The van der Waals surface area contributed by atoms with E-state index in [-0.39, 0.29) is 11.7 Å². The molecule has 1 aliphatic heterocycles. The molecule has 1 fully saturated rings. The van der Waals surface area contributed by atoms with Crippen molar-refractivity contribution in [2.45, 2.75) is 19.0 Å². The zero-order chi connectivity index (χ0) is 19.9. The Morgan fingerprint density at radius 2 is 2.11 bits per heavy atom. The van der Waals surface area contributed by atoms with E-state index in [1.165, 1.54) is 6.07 Å². The molecule has 27 heavy (non-hydrogen) atoms. The third-order valence-corrected chi connectivity index (χ3v) is 4.42. The van der Waals surface area contributed by atoms with Gasteiger partial charge in [-0.3, -0.25) is 9.69 Å². The predicted molar refractivity (Wildman–Crippen MR) is 95.8 cm³/mol. The fourth-order valence-electron chi connectivity index (χ4n) is 2.90. The summed E-state index contributed by atoms with van der Waals surface area (Å²) in [5, 5.41) is 0. The second-order valence-corrected chi connectivity index (χ2v) is 7.05. The summed E-state index contributed by atoms with van der Waals surface area (Å²) in [4.78, 5) is 15.7. The molecule has 5 nitrogen and oxygen atoms in total. The molecule has 1 aliphatic rings. The van der Waals surface area contributed by atoms with Crippen LogP contribution in [0.4, 0.5) is 13.2 Å². The lowest BCUT2D eigenvalue weighted by molar-refractivity contribution is -0.153. The van der Waals surface area contributed by atoms with Gasteiger partial charge in [0.15, 0.2) is 6.61 Å². The summed E-state index contributed by atoms with van der Waals surface area (Å²) >= 11 is 0. The Morgan fingerprint density at radius 3 is 2.74 bits per heavy atom. The van der Waals surface area contributed by atoms with Gasteiger partial charge in [0.05, 0.1) is 13.2 Å². The Kier molecular flexibility index (Phi) is 7.91. The summed E-state index contributed by atoms with van der Waals surface area (Å²) in [7, 11) is 3.45. The Bertz CT molecular complexity index is 602. The van der Waals surface area contributed by atoms with E-state index in [1.54, 1.807) is 31.1 Å². The van der Waals surface area contributed by atoms with E-state index in [4.69, 9.17) is 9.47 Å². The first-order chi connectivity index (χ1) is 12.7. The summed E-state index contributed by atoms with van der Waals surface area (Å²) < 4.78 is 47.1. The number of rotatable bonds is 9. The maximum Gasteiger partial charge on any atom is 0.422 e. The molecule has 0 saturated carbocycles. The van der Waals surface area contributed by atoms with Gasteiger partial charge >= 0.3 is 6.18 Å². The molecule has 0 aromatic heterocycles. The van der Waals surface area contributed by atoms with E-state index in [0.29, 0.717) is 32.0 Å². The van der Waals surface area contributed by atoms with Gasteiger partial charge in [0.1, 0.15) is 5.75 Å². The normalized spacial score (nSPS) is 17.3. The highest BCUT2D eigenvalue weighted by Crippen LogP contribution is 2.20. The van der Waals surface area contributed by atoms with Crippen LogP contribution < -0.4 is 4.74 Å². The topological polar surface area (TPSA) is 42.0 Å². The van der Waals surface area contributed by atoms with Gasteiger partial charge in [0.25, 0.3) is 0 Å². The predicted octanol–water partition coefficient (Wildman–Crippen LogP) is 2.60. The van der Waals surface area contributed by atoms with Crippen LogP contribution in [-0.2, 0) is 16.0 Å². The number of hydrogen-bond donors (Lipinski definition) is 0. The molecule has 1 amide bonds. The van der Waals surface area contributed by atoms with Crippen molar-refractivity contribution < 1.29 is 27.4 Å². The van der Waals surface area contributed by atoms with E-state index in [1.807, 2.05) is 6.07 Å². The average Bonchev–Trinajstić information content (AvgIpc) is 3.10. The van der Waals surface area contributed by atoms with Crippen molar-refractivity contribution in [3.63, 3.8) is 0 Å². The van der Waals surface area contributed by atoms with Gasteiger partial charge in [-0.1, -0.05) is 12.1 Å².